The number of hydrogen-bond acceptors (Lipinski definition) is 4. The first-order valence-electron chi connectivity index (χ1n) is 9.46. The van der Waals surface area contributed by atoms with Crippen molar-refractivity contribution in [3.05, 3.63) is 18.5 Å². The van der Waals surface area contributed by atoms with Crippen molar-refractivity contribution < 1.29 is 9.59 Å². The first-order chi connectivity index (χ1) is 12.2. The van der Waals surface area contributed by atoms with E-state index < -0.39 is 5.54 Å². The van der Waals surface area contributed by atoms with Gasteiger partial charge in [0, 0.05) is 31.9 Å². The third kappa shape index (κ3) is 4.39. The van der Waals surface area contributed by atoms with Crippen molar-refractivity contribution in [2.45, 2.75) is 50.5 Å². The lowest BCUT2D eigenvalue weighted by molar-refractivity contribution is -0.132. The van der Waals surface area contributed by atoms with Gasteiger partial charge in [0.1, 0.15) is 5.54 Å². The van der Waals surface area contributed by atoms with Gasteiger partial charge in [0.2, 0.25) is 11.8 Å². The summed E-state index contributed by atoms with van der Waals surface area (Å²) in [5.41, 5.74) is -0.622. The first kappa shape index (κ1) is 17.9. The molecule has 0 aromatic carbocycles. The molecular formula is C18H29N5O2. The van der Waals surface area contributed by atoms with Gasteiger partial charge in [0.15, 0.2) is 0 Å². The van der Waals surface area contributed by atoms with Crippen LogP contribution >= 0.6 is 0 Å². The van der Waals surface area contributed by atoms with E-state index in [2.05, 4.69) is 21.0 Å². The van der Waals surface area contributed by atoms with Crippen LogP contribution in [0.25, 0.3) is 0 Å². The fraction of sp³-hybridized carbons (Fsp3) is 0.722. The predicted molar refractivity (Wildman–Crippen MR) is 94.9 cm³/mol. The summed E-state index contributed by atoms with van der Waals surface area (Å²) in [4.78, 5) is 24.8. The monoisotopic (exact) mass is 347 g/mol. The Balaban J connectivity index is 1.45. The van der Waals surface area contributed by atoms with Gasteiger partial charge in [-0.15, -0.1) is 0 Å². The molecule has 2 amide bonds. The molecule has 3 N–H and O–H groups in total. The molecular weight excluding hydrogens is 318 g/mol. The molecule has 0 spiro atoms. The van der Waals surface area contributed by atoms with Crippen molar-refractivity contribution in [3.63, 3.8) is 0 Å². The van der Waals surface area contributed by atoms with Gasteiger partial charge in [-0.3, -0.25) is 14.3 Å². The zero-order valence-electron chi connectivity index (χ0n) is 14.8. The summed E-state index contributed by atoms with van der Waals surface area (Å²) < 4.78 is 1.78. The van der Waals surface area contributed by atoms with Crippen molar-refractivity contribution >= 4 is 11.8 Å². The number of piperidine rings is 1. The number of carbonyl (C=O) groups is 2. The van der Waals surface area contributed by atoms with E-state index in [1.165, 1.54) is 25.7 Å². The molecule has 1 saturated heterocycles. The van der Waals surface area contributed by atoms with Crippen LogP contribution in [0.1, 0.15) is 44.9 Å². The van der Waals surface area contributed by atoms with E-state index in [0.717, 1.165) is 13.1 Å². The largest absolute Gasteiger partial charge is 0.354 e. The highest BCUT2D eigenvalue weighted by atomic mass is 16.2. The highest BCUT2D eigenvalue weighted by Gasteiger charge is 2.41. The summed E-state index contributed by atoms with van der Waals surface area (Å²) in [6.07, 6.45) is 10.5. The maximum atomic E-state index is 12.8. The number of rotatable bonds is 7. The van der Waals surface area contributed by atoms with E-state index in [-0.39, 0.29) is 11.8 Å². The first-order valence-corrected chi connectivity index (χ1v) is 9.46. The molecule has 2 fully saturated rings. The lowest BCUT2D eigenvalue weighted by Gasteiger charge is -2.36. The van der Waals surface area contributed by atoms with Crippen molar-refractivity contribution in [3.8, 4) is 0 Å². The van der Waals surface area contributed by atoms with Crippen LogP contribution in [0.5, 0.6) is 0 Å². The molecule has 138 valence electrons. The molecule has 1 aliphatic carbocycles. The molecule has 25 heavy (non-hydrogen) atoms. The number of amides is 2. The van der Waals surface area contributed by atoms with Crippen molar-refractivity contribution in [2.75, 3.05) is 26.2 Å². The van der Waals surface area contributed by atoms with Crippen molar-refractivity contribution in [2.24, 2.45) is 5.92 Å². The van der Waals surface area contributed by atoms with Gasteiger partial charge < -0.3 is 16.0 Å². The Bertz CT molecular complexity index is 560. The molecule has 7 nitrogen and oxygen atoms in total. The molecule has 7 heteroatoms. The van der Waals surface area contributed by atoms with Gasteiger partial charge in [-0.25, -0.2) is 0 Å². The molecule has 1 aromatic heterocycles. The van der Waals surface area contributed by atoms with Crippen LogP contribution in [-0.2, 0) is 15.1 Å². The Morgan fingerprint density at radius 1 is 1.16 bits per heavy atom. The van der Waals surface area contributed by atoms with E-state index in [1.807, 2.05) is 12.3 Å². The second kappa shape index (κ2) is 8.47. The fourth-order valence-electron chi connectivity index (χ4n) is 4.01. The molecule has 1 aliphatic heterocycles. The lowest BCUT2D eigenvalue weighted by Crippen LogP contribution is -2.55. The molecule has 0 radical (unpaired) electrons. The normalized spacial score (nSPS) is 20.3. The number of hydrogen-bond donors (Lipinski definition) is 3. The topological polar surface area (TPSA) is 88.1 Å². The maximum absolute atomic E-state index is 12.8. The van der Waals surface area contributed by atoms with Gasteiger partial charge in [-0.2, -0.15) is 5.10 Å². The standard InChI is InChI=1S/C18H29N5O2/c24-16(14-15-4-1-2-5-15)20-11-12-21-17(25)18(6-9-19-10-7-18)23-13-3-8-22-23/h3,8,13,15,19H,1-2,4-7,9-12,14H2,(H,20,24)(H,21,25). The van der Waals surface area contributed by atoms with Crippen LogP contribution in [0.4, 0.5) is 0 Å². The Morgan fingerprint density at radius 3 is 2.56 bits per heavy atom. The predicted octanol–water partition coefficient (Wildman–Crippen LogP) is 0.775. The van der Waals surface area contributed by atoms with Crippen LogP contribution < -0.4 is 16.0 Å². The van der Waals surface area contributed by atoms with Crippen molar-refractivity contribution in [1.29, 1.82) is 0 Å². The average Bonchev–Trinajstić information content (AvgIpc) is 3.33. The third-order valence-electron chi connectivity index (χ3n) is 5.48. The zero-order valence-corrected chi connectivity index (χ0v) is 14.8. The van der Waals surface area contributed by atoms with E-state index >= 15 is 0 Å². The second-order valence-corrected chi connectivity index (χ2v) is 7.19. The highest BCUT2D eigenvalue weighted by Crippen LogP contribution is 2.28. The van der Waals surface area contributed by atoms with Gasteiger partial charge in [-0.05, 0) is 50.8 Å². The number of nitrogens with zero attached hydrogens (tertiary/aromatic N) is 2. The summed E-state index contributed by atoms with van der Waals surface area (Å²) >= 11 is 0. The Morgan fingerprint density at radius 2 is 1.88 bits per heavy atom. The highest BCUT2D eigenvalue weighted by molar-refractivity contribution is 5.84. The summed E-state index contributed by atoms with van der Waals surface area (Å²) in [5.74, 6) is 0.639. The minimum Gasteiger partial charge on any atom is -0.354 e. The minimum absolute atomic E-state index is 0.0114. The van der Waals surface area contributed by atoms with Gasteiger partial charge in [-0.1, -0.05) is 12.8 Å². The van der Waals surface area contributed by atoms with Crippen LogP contribution in [0.15, 0.2) is 18.5 Å². The van der Waals surface area contributed by atoms with E-state index in [9.17, 15) is 9.59 Å². The summed E-state index contributed by atoms with van der Waals surface area (Å²) in [6, 6.07) is 1.85. The SMILES string of the molecule is O=C(CC1CCCC1)NCCNC(=O)C1(n2cccn2)CCNCC1. The van der Waals surface area contributed by atoms with Crippen LogP contribution in [0.2, 0.25) is 0 Å². The number of aromatic nitrogens is 2. The molecule has 3 rings (SSSR count). The van der Waals surface area contributed by atoms with Gasteiger partial charge >= 0.3 is 0 Å². The Hall–Kier alpha value is -1.89. The smallest absolute Gasteiger partial charge is 0.248 e. The molecule has 2 aliphatic rings. The number of nitrogens with one attached hydrogen (secondary N) is 3. The third-order valence-corrected chi connectivity index (χ3v) is 5.48. The van der Waals surface area contributed by atoms with Gasteiger partial charge in [0.25, 0.3) is 0 Å². The molecule has 1 aromatic rings. The molecule has 2 heterocycles. The summed E-state index contributed by atoms with van der Waals surface area (Å²) in [5, 5.41) is 13.5. The fourth-order valence-corrected chi connectivity index (χ4v) is 4.01. The Labute approximate surface area is 148 Å². The average molecular weight is 347 g/mol. The van der Waals surface area contributed by atoms with Gasteiger partial charge in [0.05, 0.1) is 0 Å². The van der Waals surface area contributed by atoms with E-state index in [1.54, 1.807) is 10.9 Å². The van der Waals surface area contributed by atoms with Crippen LogP contribution in [0.3, 0.4) is 0 Å². The minimum atomic E-state index is -0.622. The van der Waals surface area contributed by atoms with Crippen LogP contribution in [0, 0.1) is 5.92 Å². The molecule has 0 atom stereocenters. The molecule has 0 bridgehead atoms. The number of carbonyl (C=O) groups excluding carboxylic acids is 2. The van der Waals surface area contributed by atoms with E-state index in [4.69, 9.17) is 0 Å². The second-order valence-electron chi connectivity index (χ2n) is 7.19. The summed E-state index contributed by atoms with van der Waals surface area (Å²) in [6.45, 7) is 2.52. The van der Waals surface area contributed by atoms with Crippen LogP contribution in [-0.4, -0.2) is 47.8 Å². The molecule has 0 unspecified atom stereocenters. The zero-order chi connectivity index (χ0) is 17.5. The summed E-state index contributed by atoms with van der Waals surface area (Å²) in [7, 11) is 0. The maximum Gasteiger partial charge on any atom is 0.248 e. The molecule has 1 saturated carbocycles. The quantitative estimate of drug-likeness (QED) is 0.636. The lowest BCUT2D eigenvalue weighted by atomic mass is 9.87. The Kier molecular flexibility index (Phi) is 6.07. The van der Waals surface area contributed by atoms with Crippen molar-refractivity contribution in [1.82, 2.24) is 25.7 Å². The van der Waals surface area contributed by atoms with E-state index in [0.29, 0.717) is 38.3 Å².